The zero-order valence-corrected chi connectivity index (χ0v) is 15.8. The Labute approximate surface area is 151 Å². The molecule has 0 aromatic carbocycles. The van der Waals surface area contributed by atoms with Crippen LogP contribution in [0.2, 0.25) is 0 Å². The maximum atomic E-state index is 12.3. The van der Waals surface area contributed by atoms with Crippen LogP contribution in [-0.2, 0) is 4.74 Å². The lowest BCUT2D eigenvalue weighted by Crippen LogP contribution is -2.47. The minimum atomic E-state index is -0.488. The fraction of sp³-hybridized carbons (Fsp3) is 0.625. The second-order valence-electron chi connectivity index (χ2n) is 7.07. The second-order valence-corrected chi connectivity index (χ2v) is 7.84. The normalized spacial score (nSPS) is 18.4. The van der Waals surface area contributed by atoms with Crippen molar-refractivity contribution in [2.45, 2.75) is 50.4 Å². The van der Waals surface area contributed by atoms with Gasteiger partial charge >= 0.3 is 6.09 Å². The highest BCUT2D eigenvalue weighted by atomic mass is 32.2. The van der Waals surface area contributed by atoms with E-state index in [1.807, 2.05) is 37.6 Å². The number of aromatic nitrogens is 4. The van der Waals surface area contributed by atoms with E-state index in [0.29, 0.717) is 18.9 Å². The van der Waals surface area contributed by atoms with Gasteiger partial charge in [0.2, 0.25) is 0 Å². The summed E-state index contributed by atoms with van der Waals surface area (Å²) in [6.45, 7) is 6.92. The fourth-order valence-electron chi connectivity index (χ4n) is 2.83. The van der Waals surface area contributed by atoms with Gasteiger partial charge in [0.1, 0.15) is 5.60 Å². The van der Waals surface area contributed by atoms with E-state index in [0.717, 1.165) is 23.6 Å². The molecular weight excluding hydrogens is 340 g/mol. The molecule has 3 rings (SSSR count). The monoisotopic (exact) mass is 364 g/mol. The van der Waals surface area contributed by atoms with Crippen LogP contribution in [0.5, 0.6) is 0 Å². The lowest BCUT2D eigenvalue weighted by atomic mass is 10.1. The summed E-state index contributed by atoms with van der Waals surface area (Å²) in [5.74, 6) is 0.638. The summed E-state index contributed by atoms with van der Waals surface area (Å²) in [4.78, 5) is 18.4. The van der Waals surface area contributed by atoms with Gasteiger partial charge in [0.05, 0.1) is 0 Å². The number of hydrogen-bond acceptors (Lipinski definition) is 7. The van der Waals surface area contributed by atoms with E-state index in [-0.39, 0.29) is 12.1 Å². The third kappa shape index (κ3) is 4.15. The summed E-state index contributed by atoms with van der Waals surface area (Å²) < 4.78 is 7.39. The van der Waals surface area contributed by atoms with Gasteiger partial charge in [-0.15, -0.1) is 10.2 Å². The van der Waals surface area contributed by atoms with Crippen molar-refractivity contribution in [3.8, 4) is 0 Å². The summed E-state index contributed by atoms with van der Waals surface area (Å²) in [5, 5.41) is 12.7. The number of thioether (sulfide) groups is 1. The number of piperidine rings is 1. The molecule has 1 amide bonds. The van der Waals surface area contributed by atoms with E-state index in [1.54, 1.807) is 11.1 Å². The molecule has 1 saturated heterocycles. The number of carbonyl (C=O) groups is 1. The van der Waals surface area contributed by atoms with Crippen molar-refractivity contribution in [3.63, 3.8) is 0 Å². The van der Waals surface area contributed by atoms with E-state index in [9.17, 15) is 4.79 Å². The van der Waals surface area contributed by atoms with E-state index < -0.39 is 5.60 Å². The predicted octanol–water partition coefficient (Wildman–Crippen LogP) is 2.66. The number of nitrogens with one attached hydrogen (secondary N) is 1. The van der Waals surface area contributed by atoms with Gasteiger partial charge in [0.25, 0.3) is 0 Å². The Balaban J connectivity index is 1.71. The van der Waals surface area contributed by atoms with Crippen LogP contribution in [0.15, 0.2) is 17.6 Å². The summed E-state index contributed by atoms with van der Waals surface area (Å²) >= 11 is 1.52. The van der Waals surface area contributed by atoms with Gasteiger partial charge in [-0.1, -0.05) is 11.8 Å². The van der Waals surface area contributed by atoms with Gasteiger partial charge in [-0.05, 0) is 39.9 Å². The van der Waals surface area contributed by atoms with Crippen LogP contribution >= 0.6 is 11.8 Å². The van der Waals surface area contributed by atoms with E-state index in [1.165, 1.54) is 11.8 Å². The van der Waals surface area contributed by atoms with Crippen LogP contribution in [0.4, 0.5) is 10.6 Å². The van der Waals surface area contributed by atoms with Gasteiger partial charge in [0, 0.05) is 31.5 Å². The first kappa shape index (κ1) is 17.8. The van der Waals surface area contributed by atoms with Crippen molar-refractivity contribution in [2.75, 3.05) is 24.7 Å². The molecule has 0 unspecified atom stereocenters. The molecule has 1 aliphatic heterocycles. The van der Waals surface area contributed by atoms with Crippen LogP contribution in [0.3, 0.4) is 0 Å². The van der Waals surface area contributed by atoms with Crippen molar-refractivity contribution >= 4 is 29.3 Å². The number of ether oxygens (including phenoxy) is 1. The lowest BCUT2D eigenvalue weighted by Gasteiger charge is -2.34. The number of anilines is 1. The van der Waals surface area contributed by atoms with Crippen LogP contribution < -0.4 is 5.32 Å². The first-order valence-electron chi connectivity index (χ1n) is 8.35. The Kier molecular flexibility index (Phi) is 5.03. The molecule has 136 valence electrons. The highest BCUT2D eigenvalue weighted by Crippen LogP contribution is 2.21. The molecule has 8 nitrogen and oxygen atoms in total. The molecule has 2 aromatic heterocycles. The van der Waals surface area contributed by atoms with Crippen LogP contribution in [0, 0.1) is 0 Å². The molecule has 0 spiro atoms. The fourth-order valence-corrected chi connectivity index (χ4v) is 3.30. The number of rotatable bonds is 3. The largest absolute Gasteiger partial charge is 0.444 e. The Morgan fingerprint density at radius 2 is 2.20 bits per heavy atom. The van der Waals surface area contributed by atoms with Gasteiger partial charge in [0.15, 0.2) is 16.6 Å². The van der Waals surface area contributed by atoms with Gasteiger partial charge in [-0.3, -0.25) is 4.40 Å². The Morgan fingerprint density at radius 3 is 2.92 bits per heavy atom. The number of imidazole rings is 1. The Hall–Kier alpha value is -2.03. The van der Waals surface area contributed by atoms with Crippen molar-refractivity contribution in [2.24, 2.45) is 0 Å². The Morgan fingerprint density at radius 1 is 1.40 bits per heavy atom. The zero-order chi connectivity index (χ0) is 18.0. The molecule has 0 aliphatic carbocycles. The quantitative estimate of drug-likeness (QED) is 0.838. The maximum Gasteiger partial charge on any atom is 0.410 e. The summed E-state index contributed by atoms with van der Waals surface area (Å²) in [5.41, 5.74) is 0.257. The molecule has 1 fully saturated rings. The molecule has 25 heavy (non-hydrogen) atoms. The van der Waals surface area contributed by atoms with Crippen molar-refractivity contribution in [1.82, 2.24) is 24.5 Å². The smallest absolute Gasteiger partial charge is 0.410 e. The first-order chi connectivity index (χ1) is 11.9. The third-order valence-electron chi connectivity index (χ3n) is 3.89. The summed E-state index contributed by atoms with van der Waals surface area (Å²) in [6, 6.07) is 0.0937. The minimum Gasteiger partial charge on any atom is -0.444 e. The topological polar surface area (TPSA) is 84.7 Å². The maximum absolute atomic E-state index is 12.3. The molecule has 1 atom stereocenters. The molecular formula is C16H24N6O2S. The van der Waals surface area contributed by atoms with Crippen molar-refractivity contribution < 1.29 is 9.53 Å². The van der Waals surface area contributed by atoms with Gasteiger partial charge < -0.3 is 15.0 Å². The average molecular weight is 364 g/mol. The number of hydrogen-bond donors (Lipinski definition) is 1. The molecule has 3 heterocycles. The summed E-state index contributed by atoms with van der Waals surface area (Å²) in [7, 11) is 0. The number of likely N-dealkylation sites (tertiary alicyclic amines) is 1. The van der Waals surface area contributed by atoms with Crippen LogP contribution in [-0.4, -0.2) is 61.6 Å². The lowest BCUT2D eigenvalue weighted by molar-refractivity contribution is 0.0206. The molecule has 1 aliphatic rings. The highest BCUT2D eigenvalue weighted by Gasteiger charge is 2.28. The van der Waals surface area contributed by atoms with Crippen molar-refractivity contribution in [3.05, 3.63) is 12.4 Å². The third-order valence-corrected chi connectivity index (χ3v) is 4.53. The SMILES string of the molecule is CSc1nnc(N[C@@H]2CCCN(C(=O)OC(C)(C)C)C2)c2nccn12. The van der Waals surface area contributed by atoms with Crippen LogP contribution in [0.1, 0.15) is 33.6 Å². The molecule has 1 N–H and O–H groups in total. The molecule has 2 aromatic rings. The van der Waals surface area contributed by atoms with Gasteiger partial charge in [-0.25, -0.2) is 9.78 Å². The number of nitrogens with zero attached hydrogens (tertiary/aromatic N) is 5. The van der Waals surface area contributed by atoms with E-state index in [4.69, 9.17) is 4.74 Å². The number of fused-ring (bicyclic) bond motifs is 1. The molecule has 9 heteroatoms. The predicted molar refractivity (Wildman–Crippen MR) is 97.0 cm³/mol. The average Bonchev–Trinajstić information content (AvgIpc) is 3.04. The van der Waals surface area contributed by atoms with E-state index >= 15 is 0 Å². The number of carbonyl (C=O) groups excluding carboxylic acids is 1. The van der Waals surface area contributed by atoms with Crippen molar-refractivity contribution in [1.29, 1.82) is 0 Å². The molecule has 0 bridgehead atoms. The van der Waals surface area contributed by atoms with E-state index in [2.05, 4.69) is 20.5 Å². The summed E-state index contributed by atoms with van der Waals surface area (Å²) in [6.07, 6.45) is 7.16. The second kappa shape index (κ2) is 7.07. The minimum absolute atomic E-state index is 0.0937. The zero-order valence-electron chi connectivity index (χ0n) is 15.0. The standard InChI is InChI=1S/C16H24N6O2S/c1-16(2,3)24-15(23)21-8-5-6-11(10-21)18-12-13-17-7-9-22(13)14(25-4)20-19-12/h7,9,11H,5-6,8,10H2,1-4H3,(H,18,19)/t11-/m1/s1. The Bertz CT molecular complexity index is 757. The first-order valence-corrected chi connectivity index (χ1v) is 9.58. The molecule has 0 radical (unpaired) electrons. The number of amides is 1. The van der Waals surface area contributed by atoms with Crippen LogP contribution in [0.25, 0.3) is 5.65 Å². The molecule has 0 saturated carbocycles. The highest BCUT2D eigenvalue weighted by molar-refractivity contribution is 7.98. The van der Waals surface area contributed by atoms with Gasteiger partial charge in [-0.2, -0.15) is 0 Å².